The lowest BCUT2D eigenvalue weighted by atomic mass is 10.2. The predicted octanol–water partition coefficient (Wildman–Crippen LogP) is 2.29. The van der Waals surface area contributed by atoms with Gasteiger partial charge < -0.3 is 15.5 Å². The number of hydrogen-bond acceptors (Lipinski definition) is 2. The van der Waals surface area contributed by atoms with Crippen molar-refractivity contribution in [3.8, 4) is 0 Å². The van der Waals surface area contributed by atoms with Crippen LogP contribution in [-0.2, 0) is 11.3 Å². The van der Waals surface area contributed by atoms with Gasteiger partial charge in [-0.25, -0.2) is 4.79 Å². The Kier molecular flexibility index (Phi) is 4.57. The van der Waals surface area contributed by atoms with Crippen molar-refractivity contribution in [2.24, 2.45) is 0 Å². The highest BCUT2D eigenvalue weighted by Gasteiger charge is 2.31. The second-order valence-electron chi connectivity index (χ2n) is 5.55. The Bertz CT molecular complexity index is 673. The Morgan fingerprint density at radius 1 is 1.04 bits per heavy atom. The number of para-hydroxylation sites is 1. The first-order chi connectivity index (χ1) is 11.2. The van der Waals surface area contributed by atoms with E-state index in [0.29, 0.717) is 19.5 Å². The fourth-order valence-electron chi connectivity index (χ4n) is 2.68. The van der Waals surface area contributed by atoms with Gasteiger partial charge in [0.2, 0.25) is 5.91 Å². The smallest absolute Gasteiger partial charge is 0.315 e. The monoisotopic (exact) mass is 309 g/mol. The van der Waals surface area contributed by atoms with Crippen LogP contribution in [0.15, 0.2) is 60.7 Å². The van der Waals surface area contributed by atoms with Gasteiger partial charge in [-0.05, 0) is 17.7 Å². The molecule has 2 N–H and O–H groups in total. The van der Waals surface area contributed by atoms with E-state index in [1.807, 2.05) is 60.7 Å². The quantitative estimate of drug-likeness (QED) is 0.910. The molecule has 1 saturated heterocycles. The zero-order chi connectivity index (χ0) is 16.1. The highest BCUT2D eigenvalue weighted by atomic mass is 16.2. The van der Waals surface area contributed by atoms with E-state index in [1.54, 1.807) is 4.90 Å². The summed E-state index contributed by atoms with van der Waals surface area (Å²) in [5.74, 6) is 0.0320. The third-order valence-electron chi connectivity index (χ3n) is 3.82. The molecule has 2 aromatic carbocycles. The van der Waals surface area contributed by atoms with Crippen LogP contribution in [0.25, 0.3) is 0 Å². The van der Waals surface area contributed by atoms with E-state index in [2.05, 4.69) is 10.6 Å². The fourth-order valence-corrected chi connectivity index (χ4v) is 2.68. The van der Waals surface area contributed by atoms with Crippen molar-refractivity contribution >= 4 is 17.6 Å². The zero-order valence-corrected chi connectivity index (χ0v) is 12.7. The number of carbonyl (C=O) groups excluding carboxylic acids is 2. The number of hydrogen-bond donors (Lipinski definition) is 2. The molecule has 1 atom stereocenters. The van der Waals surface area contributed by atoms with Gasteiger partial charge in [0.25, 0.3) is 0 Å². The van der Waals surface area contributed by atoms with Crippen LogP contribution in [0.1, 0.15) is 12.0 Å². The molecule has 0 bridgehead atoms. The minimum atomic E-state index is -0.249. The van der Waals surface area contributed by atoms with Gasteiger partial charge in [-0.1, -0.05) is 48.5 Å². The minimum Gasteiger partial charge on any atom is -0.334 e. The third-order valence-corrected chi connectivity index (χ3v) is 3.82. The van der Waals surface area contributed by atoms with Crippen LogP contribution in [0.2, 0.25) is 0 Å². The summed E-state index contributed by atoms with van der Waals surface area (Å²) >= 11 is 0. The summed E-state index contributed by atoms with van der Waals surface area (Å²) in [6.45, 7) is 0.970. The van der Waals surface area contributed by atoms with E-state index < -0.39 is 0 Å². The molecule has 0 unspecified atom stereocenters. The molecule has 1 fully saturated rings. The molecule has 118 valence electrons. The molecule has 23 heavy (non-hydrogen) atoms. The fraction of sp³-hybridized carbons (Fsp3) is 0.222. The molecule has 1 aliphatic heterocycles. The van der Waals surface area contributed by atoms with Crippen LogP contribution in [0.3, 0.4) is 0 Å². The van der Waals surface area contributed by atoms with E-state index in [9.17, 15) is 9.59 Å². The lowest BCUT2D eigenvalue weighted by molar-refractivity contribution is -0.117. The van der Waals surface area contributed by atoms with Crippen LogP contribution in [0, 0.1) is 0 Å². The largest absolute Gasteiger partial charge is 0.334 e. The van der Waals surface area contributed by atoms with Gasteiger partial charge in [0.1, 0.15) is 0 Å². The molecule has 0 radical (unpaired) electrons. The van der Waals surface area contributed by atoms with Crippen molar-refractivity contribution in [1.29, 1.82) is 0 Å². The van der Waals surface area contributed by atoms with Gasteiger partial charge >= 0.3 is 6.03 Å². The lowest BCUT2D eigenvalue weighted by Gasteiger charge is -2.17. The van der Waals surface area contributed by atoms with Gasteiger partial charge in [-0.2, -0.15) is 0 Å². The maximum Gasteiger partial charge on any atom is 0.315 e. The van der Waals surface area contributed by atoms with E-state index in [4.69, 9.17) is 0 Å². The normalized spacial score (nSPS) is 17.1. The number of rotatable bonds is 4. The zero-order valence-electron chi connectivity index (χ0n) is 12.7. The van der Waals surface area contributed by atoms with Crippen molar-refractivity contribution in [2.75, 3.05) is 11.4 Å². The molecule has 0 aliphatic carbocycles. The molecule has 1 heterocycles. The summed E-state index contributed by atoms with van der Waals surface area (Å²) in [4.78, 5) is 25.8. The maximum atomic E-state index is 12.1. The Balaban J connectivity index is 1.51. The first kappa shape index (κ1) is 15.1. The Morgan fingerprint density at radius 3 is 2.39 bits per heavy atom. The average Bonchev–Trinajstić information content (AvgIpc) is 2.95. The lowest BCUT2D eigenvalue weighted by Crippen LogP contribution is -2.43. The first-order valence-corrected chi connectivity index (χ1v) is 7.66. The molecule has 0 saturated carbocycles. The van der Waals surface area contributed by atoms with E-state index in [-0.39, 0.29) is 18.0 Å². The summed E-state index contributed by atoms with van der Waals surface area (Å²) in [7, 11) is 0. The van der Waals surface area contributed by atoms with Crippen LogP contribution in [0.5, 0.6) is 0 Å². The van der Waals surface area contributed by atoms with Crippen molar-refractivity contribution in [3.05, 3.63) is 66.2 Å². The number of benzene rings is 2. The van der Waals surface area contributed by atoms with Crippen LogP contribution in [0.4, 0.5) is 10.5 Å². The predicted molar refractivity (Wildman–Crippen MR) is 89.0 cm³/mol. The highest BCUT2D eigenvalue weighted by molar-refractivity contribution is 5.96. The SMILES string of the molecule is O=C(NCc1ccccc1)N[C@@H]1CC(=O)N(c2ccccc2)C1. The minimum absolute atomic E-state index is 0.0320. The Morgan fingerprint density at radius 2 is 1.70 bits per heavy atom. The van der Waals surface area contributed by atoms with Gasteiger partial charge in [0.15, 0.2) is 0 Å². The van der Waals surface area contributed by atoms with Crippen LogP contribution >= 0.6 is 0 Å². The molecule has 1 aliphatic rings. The molecule has 2 aromatic rings. The number of nitrogens with one attached hydrogen (secondary N) is 2. The molecule has 0 aromatic heterocycles. The summed E-state index contributed by atoms with van der Waals surface area (Å²) < 4.78 is 0. The number of amides is 3. The van der Waals surface area contributed by atoms with Gasteiger partial charge in [0, 0.05) is 25.2 Å². The molecule has 3 rings (SSSR count). The highest BCUT2D eigenvalue weighted by Crippen LogP contribution is 2.20. The van der Waals surface area contributed by atoms with Crippen molar-refractivity contribution in [3.63, 3.8) is 0 Å². The second kappa shape index (κ2) is 6.96. The topological polar surface area (TPSA) is 61.4 Å². The molecule has 3 amide bonds. The summed E-state index contributed by atoms with van der Waals surface area (Å²) in [5, 5.41) is 5.68. The Hall–Kier alpha value is -2.82. The van der Waals surface area contributed by atoms with Crippen LogP contribution < -0.4 is 15.5 Å². The van der Waals surface area contributed by atoms with E-state index in [0.717, 1.165) is 11.3 Å². The number of carbonyl (C=O) groups is 2. The maximum absolute atomic E-state index is 12.1. The summed E-state index contributed by atoms with van der Waals surface area (Å²) in [6, 6.07) is 18.8. The summed E-state index contributed by atoms with van der Waals surface area (Å²) in [5.41, 5.74) is 1.91. The average molecular weight is 309 g/mol. The molecule has 0 spiro atoms. The van der Waals surface area contributed by atoms with Crippen molar-refractivity contribution in [1.82, 2.24) is 10.6 Å². The third kappa shape index (κ3) is 3.88. The number of urea groups is 1. The number of nitrogens with zero attached hydrogens (tertiary/aromatic N) is 1. The number of anilines is 1. The second-order valence-corrected chi connectivity index (χ2v) is 5.55. The molecule has 5 heteroatoms. The van der Waals surface area contributed by atoms with Crippen molar-refractivity contribution in [2.45, 2.75) is 19.0 Å². The van der Waals surface area contributed by atoms with Gasteiger partial charge in [-0.15, -0.1) is 0 Å². The molecular weight excluding hydrogens is 290 g/mol. The molecule has 5 nitrogen and oxygen atoms in total. The summed E-state index contributed by atoms with van der Waals surface area (Å²) in [6.07, 6.45) is 0.327. The Labute approximate surface area is 135 Å². The van der Waals surface area contributed by atoms with Crippen molar-refractivity contribution < 1.29 is 9.59 Å². The molecular formula is C18H19N3O2. The standard InChI is InChI=1S/C18H19N3O2/c22-17-11-15(13-21(17)16-9-5-2-6-10-16)20-18(23)19-12-14-7-3-1-4-8-14/h1-10,15H,11-13H2,(H2,19,20,23)/t15-/m1/s1. The van der Waals surface area contributed by atoms with E-state index >= 15 is 0 Å². The van der Waals surface area contributed by atoms with Gasteiger partial charge in [0.05, 0.1) is 6.04 Å². The first-order valence-electron chi connectivity index (χ1n) is 7.66. The van der Waals surface area contributed by atoms with Crippen LogP contribution in [-0.4, -0.2) is 24.5 Å². The van der Waals surface area contributed by atoms with Gasteiger partial charge in [-0.3, -0.25) is 4.79 Å². The van der Waals surface area contributed by atoms with E-state index in [1.165, 1.54) is 0 Å².